The Morgan fingerprint density at radius 3 is 2.50 bits per heavy atom. The van der Waals surface area contributed by atoms with Crippen LogP contribution in [0, 0.1) is 12.7 Å². The Morgan fingerprint density at radius 2 is 1.95 bits per heavy atom. The predicted octanol–water partition coefficient (Wildman–Crippen LogP) is 3.67. The van der Waals surface area contributed by atoms with E-state index >= 15 is 0 Å². The number of aromatic amines is 1. The van der Waals surface area contributed by atoms with Crippen LogP contribution < -0.4 is 5.56 Å². The van der Waals surface area contributed by atoms with Crippen LogP contribution in [0.2, 0.25) is 0 Å². The molecule has 0 atom stereocenters. The Balaban J connectivity index is 2.74. The molecule has 1 aromatic heterocycles. The second-order valence-electron chi connectivity index (χ2n) is 4.00. The van der Waals surface area contributed by atoms with Crippen molar-refractivity contribution in [1.82, 2.24) is 9.97 Å². The molecule has 0 aliphatic heterocycles. The van der Waals surface area contributed by atoms with Crippen LogP contribution in [-0.4, -0.2) is 9.97 Å². The van der Waals surface area contributed by atoms with Gasteiger partial charge in [0.15, 0.2) is 0 Å². The minimum Gasteiger partial charge on any atom is -0.304 e. The number of aromatic nitrogens is 2. The number of halogens is 5. The number of aryl methyl sites for hydroxylation is 1. The fourth-order valence-electron chi connectivity index (χ4n) is 1.66. The van der Waals surface area contributed by atoms with Gasteiger partial charge in [-0.15, -0.1) is 0 Å². The summed E-state index contributed by atoms with van der Waals surface area (Å²) in [6, 6.07) is 3.40. The number of nitrogens with zero attached hydrogens (tertiary/aromatic N) is 1. The maximum Gasteiger partial charge on any atom is 0.417 e. The van der Waals surface area contributed by atoms with E-state index in [0.717, 1.165) is 12.1 Å². The Labute approximate surface area is 118 Å². The van der Waals surface area contributed by atoms with Crippen LogP contribution in [0.25, 0.3) is 11.4 Å². The highest BCUT2D eigenvalue weighted by molar-refractivity contribution is 9.10. The van der Waals surface area contributed by atoms with E-state index in [2.05, 4.69) is 20.9 Å². The van der Waals surface area contributed by atoms with Crippen molar-refractivity contribution < 1.29 is 17.6 Å². The molecule has 1 aromatic carbocycles. The summed E-state index contributed by atoms with van der Waals surface area (Å²) >= 11 is 2.95. The monoisotopic (exact) mass is 350 g/mol. The molecule has 0 bridgehead atoms. The lowest BCUT2D eigenvalue weighted by Crippen LogP contribution is -2.17. The zero-order valence-corrected chi connectivity index (χ0v) is 11.6. The van der Waals surface area contributed by atoms with Crippen LogP contribution in [0.5, 0.6) is 0 Å². The quantitative estimate of drug-likeness (QED) is 0.797. The molecule has 0 spiro atoms. The van der Waals surface area contributed by atoms with Gasteiger partial charge in [0.2, 0.25) is 5.82 Å². The van der Waals surface area contributed by atoms with E-state index in [1.165, 1.54) is 13.0 Å². The van der Waals surface area contributed by atoms with Gasteiger partial charge in [0.1, 0.15) is 5.82 Å². The third-order valence-electron chi connectivity index (χ3n) is 2.57. The Bertz CT molecular complexity index is 724. The molecule has 106 valence electrons. The van der Waals surface area contributed by atoms with Gasteiger partial charge in [0, 0.05) is 10.0 Å². The van der Waals surface area contributed by atoms with Crippen LogP contribution in [-0.2, 0) is 6.18 Å². The van der Waals surface area contributed by atoms with E-state index in [1.807, 2.05) is 4.98 Å². The molecule has 0 saturated heterocycles. The highest BCUT2D eigenvalue weighted by Gasteiger charge is 2.34. The van der Waals surface area contributed by atoms with E-state index in [4.69, 9.17) is 0 Å². The first-order chi connectivity index (χ1) is 9.20. The van der Waals surface area contributed by atoms with Gasteiger partial charge >= 0.3 is 6.18 Å². The van der Waals surface area contributed by atoms with Crippen LogP contribution in [0.4, 0.5) is 17.6 Å². The maximum absolute atomic E-state index is 13.2. The Morgan fingerprint density at radius 1 is 1.30 bits per heavy atom. The Kier molecular flexibility index (Phi) is 3.68. The zero-order chi connectivity index (χ0) is 15.1. The molecule has 1 N–H and O–H groups in total. The standard InChI is InChI=1S/C12H7BrF4N2O/c1-5-9(14)11(20)19-10(18-5)7-3-2-6(13)4-8(7)12(15,16)17/h2-4H,1H3,(H,18,19,20). The molecule has 2 rings (SSSR count). The third kappa shape index (κ3) is 2.74. The highest BCUT2D eigenvalue weighted by Crippen LogP contribution is 2.37. The van der Waals surface area contributed by atoms with Gasteiger partial charge in [-0.05, 0) is 25.1 Å². The molecule has 20 heavy (non-hydrogen) atoms. The SMILES string of the molecule is Cc1nc(-c2ccc(Br)cc2C(F)(F)F)[nH]c(=O)c1F. The molecule has 0 amide bonds. The van der Waals surface area contributed by atoms with Crippen molar-refractivity contribution in [2.75, 3.05) is 0 Å². The van der Waals surface area contributed by atoms with Crippen molar-refractivity contribution in [2.24, 2.45) is 0 Å². The summed E-state index contributed by atoms with van der Waals surface area (Å²) in [5.74, 6) is -1.44. The van der Waals surface area contributed by atoms with Gasteiger partial charge in [-0.2, -0.15) is 17.6 Å². The summed E-state index contributed by atoms with van der Waals surface area (Å²) in [6.07, 6.45) is -4.63. The van der Waals surface area contributed by atoms with Crippen molar-refractivity contribution in [2.45, 2.75) is 13.1 Å². The smallest absolute Gasteiger partial charge is 0.304 e. The first-order valence-corrected chi connectivity index (χ1v) is 6.13. The van der Waals surface area contributed by atoms with E-state index in [9.17, 15) is 22.4 Å². The number of benzene rings is 1. The molecule has 1 heterocycles. The van der Waals surface area contributed by atoms with Gasteiger partial charge in [0.25, 0.3) is 5.56 Å². The summed E-state index contributed by atoms with van der Waals surface area (Å²) in [5.41, 5.74) is -2.66. The fraction of sp³-hybridized carbons (Fsp3) is 0.167. The number of hydrogen-bond donors (Lipinski definition) is 1. The molecule has 0 unspecified atom stereocenters. The van der Waals surface area contributed by atoms with E-state index < -0.39 is 23.1 Å². The first-order valence-electron chi connectivity index (χ1n) is 5.33. The molecule has 0 radical (unpaired) electrons. The molecule has 2 aromatic rings. The minimum atomic E-state index is -4.63. The van der Waals surface area contributed by atoms with Crippen molar-refractivity contribution >= 4 is 15.9 Å². The second-order valence-corrected chi connectivity index (χ2v) is 4.92. The zero-order valence-electron chi connectivity index (χ0n) is 9.98. The lowest BCUT2D eigenvalue weighted by Gasteiger charge is -2.13. The Hall–Kier alpha value is -1.70. The maximum atomic E-state index is 13.2. The lowest BCUT2D eigenvalue weighted by molar-refractivity contribution is -0.137. The molecule has 8 heteroatoms. The van der Waals surface area contributed by atoms with E-state index in [-0.39, 0.29) is 21.6 Å². The van der Waals surface area contributed by atoms with Crippen LogP contribution in [0.1, 0.15) is 11.3 Å². The van der Waals surface area contributed by atoms with Crippen molar-refractivity contribution in [3.05, 3.63) is 50.1 Å². The summed E-state index contributed by atoms with van der Waals surface area (Å²) in [4.78, 5) is 17.0. The number of H-pyrrole nitrogens is 1. The highest BCUT2D eigenvalue weighted by atomic mass is 79.9. The largest absolute Gasteiger partial charge is 0.417 e. The van der Waals surface area contributed by atoms with Crippen molar-refractivity contribution in [3.63, 3.8) is 0 Å². The summed E-state index contributed by atoms with van der Waals surface area (Å²) < 4.78 is 52.4. The van der Waals surface area contributed by atoms with E-state index in [0.29, 0.717) is 0 Å². The lowest BCUT2D eigenvalue weighted by atomic mass is 10.1. The van der Waals surface area contributed by atoms with E-state index in [1.54, 1.807) is 0 Å². The van der Waals surface area contributed by atoms with Crippen LogP contribution in [0.3, 0.4) is 0 Å². The van der Waals surface area contributed by atoms with Gasteiger partial charge in [-0.25, -0.2) is 4.98 Å². The predicted molar refractivity (Wildman–Crippen MR) is 67.7 cm³/mol. The molecule has 0 aliphatic rings. The number of alkyl halides is 3. The topological polar surface area (TPSA) is 45.8 Å². The summed E-state index contributed by atoms with van der Waals surface area (Å²) in [7, 11) is 0. The van der Waals surface area contributed by atoms with Crippen LogP contribution in [0.15, 0.2) is 27.5 Å². The summed E-state index contributed by atoms with van der Waals surface area (Å²) in [6.45, 7) is 1.21. The number of nitrogens with one attached hydrogen (secondary N) is 1. The molecular formula is C12H7BrF4N2O. The normalized spacial score (nSPS) is 11.7. The average molecular weight is 351 g/mol. The number of hydrogen-bond acceptors (Lipinski definition) is 2. The molecule has 0 fully saturated rings. The van der Waals surface area contributed by atoms with Gasteiger partial charge in [0.05, 0.1) is 11.3 Å². The second kappa shape index (κ2) is 5.01. The third-order valence-corrected chi connectivity index (χ3v) is 3.06. The van der Waals surface area contributed by atoms with Gasteiger partial charge in [-0.1, -0.05) is 15.9 Å². The average Bonchev–Trinajstić information content (AvgIpc) is 2.34. The summed E-state index contributed by atoms with van der Waals surface area (Å²) in [5, 5.41) is 0. The fourth-order valence-corrected chi connectivity index (χ4v) is 2.02. The minimum absolute atomic E-state index is 0.231. The molecule has 3 nitrogen and oxygen atoms in total. The molecule has 0 aliphatic carbocycles. The molecular weight excluding hydrogens is 344 g/mol. The first kappa shape index (κ1) is 14.7. The molecule has 0 saturated carbocycles. The van der Waals surface area contributed by atoms with Crippen LogP contribution >= 0.6 is 15.9 Å². The number of rotatable bonds is 1. The van der Waals surface area contributed by atoms with Gasteiger partial charge in [-0.3, -0.25) is 4.79 Å². The van der Waals surface area contributed by atoms with Gasteiger partial charge < -0.3 is 4.98 Å². The van der Waals surface area contributed by atoms with Crippen molar-refractivity contribution in [3.8, 4) is 11.4 Å². The van der Waals surface area contributed by atoms with Crippen molar-refractivity contribution in [1.29, 1.82) is 0 Å².